The Hall–Kier alpha value is -3.46. The Morgan fingerprint density at radius 1 is 1.24 bits per heavy atom. The van der Waals surface area contributed by atoms with Crippen molar-refractivity contribution in [3.8, 4) is 0 Å². The van der Waals surface area contributed by atoms with Gasteiger partial charge in [-0.15, -0.1) is 0 Å². The van der Waals surface area contributed by atoms with Gasteiger partial charge >= 0.3 is 11.9 Å². The van der Waals surface area contributed by atoms with Crippen molar-refractivity contribution in [2.75, 3.05) is 13.1 Å². The number of ether oxygens (including phenoxy) is 2. The molecule has 3 rings (SSSR count). The summed E-state index contributed by atoms with van der Waals surface area (Å²) in [6.07, 6.45) is 7.65. The quantitative estimate of drug-likeness (QED) is 0.200. The van der Waals surface area contributed by atoms with Crippen molar-refractivity contribution < 1.29 is 33.0 Å². The molecule has 2 atom stereocenters. The normalized spacial score (nSPS) is 21.0. The van der Waals surface area contributed by atoms with Gasteiger partial charge in [0.25, 0.3) is 0 Å². The zero-order valence-corrected chi connectivity index (χ0v) is 26.4. The third-order valence-electron chi connectivity index (χ3n) is 7.47. The Labute approximate surface area is 248 Å². The zero-order valence-electron chi connectivity index (χ0n) is 26.4. The van der Waals surface area contributed by atoms with Gasteiger partial charge in [0.15, 0.2) is 11.5 Å². The molecule has 1 fully saturated rings. The lowest BCUT2D eigenvalue weighted by Gasteiger charge is -2.32. The molecule has 0 radical (unpaired) electrons. The lowest BCUT2D eigenvalue weighted by Crippen LogP contribution is -2.39. The third-order valence-corrected chi connectivity index (χ3v) is 7.47. The first kappa shape index (κ1) is 33.0. The number of carboxylic acids is 1. The highest BCUT2D eigenvalue weighted by Gasteiger charge is 2.57. The average molecular weight is 585 g/mol. The van der Waals surface area contributed by atoms with E-state index in [9.17, 15) is 19.1 Å². The van der Waals surface area contributed by atoms with Crippen LogP contribution in [0.4, 0.5) is 4.39 Å². The number of carboxylic acid groups (broad SMARTS) is 1. The molecule has 230 valence electrons. The van der Waals surface area contributed by atoms with Gasteiger partial charge in [0.2, 0.25) is 0 Å². The van der Waals surface area contributed by atoms with E-state index in [0.717, 1.165) is 17.6 Å². The van der Waals surface area contributed by atoms with Gasteiger partial charge in [-0.1, -0.05) is 24.8 Å². The van der Waals surface area contributed by atoms with E-state index < -0.39 is 17.2 Å². The summed E-state index contributed by atoms with van der Waals surface area (Å²) in [6, 6.07) is 0. The second-order valence-corrected chi connectivity index (χ2v) is 12.9. The minimum atomic E-state index is -1.35. The van der Waals surface area contributed by atoms with E-state index in [-0.39, 0.29) is 29.7 Å². The third kappa shape index (κ3) is 8.31. The summed E-state index contributed by atoms with van der Waals surface area (Å²) in [5.41, 5.74) is 1.06. The standard InChI is InChI=1S/C33H45FN2O6/c1-11-24(34)13-12-20(2)14-27-35-26(23(5)40-27)17-36(18-28(37)41-31(6,7)8)19-33-15-21(3)29(22(4)25(33)16-33)42-32(9,10)30(38)39/h11-13,15,25H,2,14,16-19H2,1,3-10H3,(H,38,39)/b13-12-,24-11+. The maximum absolute atomic E-state index is 13.5. The van der Waals surface area contributed by atoms with E-state index in [1.165, 1.54) is 12.2 Å². The van der Waals surface area contributed by atoms with Crippen LogP contribution in [0.3, 0.4) is 0 Å². The molecule has 2 aliphatic rings. The molecule has 0 amide bonds. The van der Waals surface area contributed by atoms with E-state index in [1.807, 2.05) is 46.4 Å². The lowest BCUT2D eigenvalue weighted by molar-refractivity contribution is -0.157. The molecule has 8 nitrogen and oxygen atoms in total. The van der Waals surface area contributed by atoms with Crippen LogP contribution in [0, 0.1) is 18.3 Å². The van der Waals surface area contributed by atoms with Gasteiger partial charge in [0, 0.05) is 24.9 Å². The first-order valence-electron chi connectivity index (χ1n) is 14.3. The highest BCUT2D eigenvalue weighted by Crippen LogP contribution is 2.62. The minimum Gasteiger partial charge on any atom is -0.478 e. The van der Waals surface area contributed by atoms with Crippen molar-refractivity contribution in [1.29, 1.82) is 0 Å². The maximum atomic E-state index is 13.5. The smallest absolute Gasteiger partial charge is 0.347 e. The summed E-state index contributed by atoms with van der Waals surface area (Å²) < 4.78 is 31.0. The van der Waals surface area contributed by atoms with Crippen LogP contribution in [0.25, 0.3) is 0 Å². The second-order valence-electron chi connectivity index (χ2n) is 12.9. The van der Waals surface area contributed by atoms with Crippen LogP contribution in [0.15, 0.2) is 63.6 Å². The van der Waals surface area contributed by atoms with E-state index in [2.05, 4.69) is 17.6 Å². The molecule has 0 aromatic carbocycles. The number of carbonyl (C=O) groups is 2. The topological polar surface area (TPSA) is 102 Å². The predicted octanol–water partition coefficient (Wildman–Crippen LogP) is 6.77. The number of carbonyl (C=O) groups excluding carboxylic acids is 1. The number of aliphatic carboxylic acids is 1. The number of allylic oxidation sites excluding steroid dienone is 7. The zero-order chi connectivity index (χ0) is 31.6. The number of nitrogens with zero attached hydrogens (tertiary/aromatic N) is 2. The van der Waals surface area contributed by atoms with Crippen molar-refractivity contribution >= 4 is 11.9 Å². The summed E-state index contributed by atoms with van der Waals surface area (Å²) in [7, 11) is 0. The number of halogens is 1. The summed E-state index contributed by atoms with van der Waals surface area (Å²) in [5, 5.41) is 9.57. The molecule has 1 aromatic heterocycles. The summed E-state index contributed by atoms with van der Waals surface area (Å²) in [6.45, 7) is 20.9. The number of aromatic nitrogens is 1. The largest absolute Gasteiger partial charge is 0.478 e. The number of aryl methyl sites for hydroxylation is 1. The number of esters is 1. The Bertz CT molecular complexity index is 1360. The van der Waals surface area contributed by atoms with Crippen LogP contribution in [-0.4, -0.2) is 51.2 Å². The lowest BCUT2D eigenvalue weighted by atomic mass is 9.89. The molecule has 1 saturated carbocycles. The molecule has 2 unspecified atom stereocenters. The number of fused-ring (bicyclic) bond motifs is 1. The van der Waals surface area contributed by atoms with Gasteiger partial charge in [0.05, 0.1) is 12.2 Å². The fourth-order valence-corrected chi connectivity index (χ4v) is 5.32. The van der Waals surface area contributed by atoms with Crippen LogP contribution in [0.1, 0.15) is 79.2 Å². The first-order chi connectivity index (χ1) is 19.4. The maximum Gasteiger partial charge on any atom is 0.347 e. The van der Waals surface area contributed by atoms with Crippen molar-refractivity contribution in [3.63, 3.8) is 0 Å². The highest BCUT2D eigenvalue weighted by molar-refractivity contribution is 5.76. The molecule has 1 heterocycles. The molecule has 42 heavy (non-hydrogen) atoms. The molecule has 0 spiro atoms. The van der Waals surface area contributed by atoms with Gasteiger partial charge in [-0.2, -0.15) is 0 Å². The molecule has 0 saturated heterocycles. The Morgan fingerprint density at radius 2 is 1.90 bits per heavy atom. The molecule has 1 N–H and O–H groups in total. The van der Waals surface area contributed by atoms with Gasteiger partial charge < -0.3 is 19.0 Å². The Morgan fingerprint density at radius 3 is 2.50 bits per heavy atom. The summed E-state index contributed by atoms with van der Waals surface area (Å²) >= 11 is 0. The first-order valence-corrected chi connectivity index (χ1v) is 14.3. The molecule has 1 aromatic rings. The Balaban J connectivity index is 1.82. The summed E-state index contributed by atoms with van der Waals surface area (Å²) in [4.78, 5) is 31.3. The van der Waals surface area contributed by atoms with E-state index in [1.54, 1.807) is 26.8 Å². The molecule has 0 bridgehead atoms. The highest BCUT2D eigenvalue weighted by atomic mass is 19.1. The fraction of sp³-hybridized carbons (Fsp3) is 0.545. The van der Waals surface area contributed by atoms with Crippen LogP contribution in [-0.2, 0) is 32.0 Å². The molecular formula is C33H45FN2O6. The molecule has 9 heteroatoms. The fourth-order valence-electron chi connectivity index (χ4n) is 5.32. The molecule has 2 aliphatic carbocycles. The van der Waals surface area contributed by atoms with Crippen LogP contribution < -0.4 is 0 Å². The SMILES string of the molecule is C=C(/C=C\C(F)=C/C)Cc1nc(CN(CC(=O)OC(C)(C)C)CC23C=C(C)C(OC(C)(C)C(=O)O)=C(C)C2C3)c(C)o1. The second kappa shape index (κ2) is 12.4. The number of oxazole rings is 1. The van der Waals surface area contributed by atoms with Crippen molar-refractivity contribution in [3.05, 3.63) is 76.5 Å². The summed E-state index contributed by atoms with van der Waals surface area (Å²) in [5.74, 6) is 0.184. The van der Waals surface area contributed by atoms with Gasteiger partial charge in [-0.3, -0.25) is 9.69 Å². The van der Waals surface area contributed by atoms with E-state index in [4.69, 9.17) is 13.9 Å². The number of hydrogen-bond donors (Lipinski definition) is 1. The monoisotopic (exact) mass is 584 g/mol. The van der Waals surface area contributed by atoms with Crippen molar-refractivity contribution in [1.82, 2.24) is 9.88 Å². The van der Waals surface area contributed by atoms with Gasteiger partial charge in [-0.05, 0) is 97.4 Å². The van der Waals surface area contributed by atoms with Crippen LogP contribution in [0.2, 0.25) is 0 Å². The molecular weight excluding hydrogens is 539 g/mol. The van der Waals surface area contributed by atoms with Crippen molar-refractivity contribution in [2.45, 2.75) is 92.9 Å². The van der Waals surface area contributed by atoms with E-state index in [0.29, 0.717) is 48.2 Å². The number of hydrogen-bond acceptors (Lipinski definition) is 7. The van der Waals surface area contributed by atoms with Gasteiger partial charge in [0.1, 0.15) is 22.9 Å². The minimum absolute atomic E-state index is 0.0660. The van der Waals surface area contributed by atoms with Crippen LogP contribution >= 0.6 is 0 Å². The van der Waals surface area contributed by atoms with Gasteiger partial charge in [-0.25, -0.2) is 14.2 Å². The Kier molecular flexibility index (Phi) is 9.77. The van der Waals surface area contributed by atoms with Crippen molar-refractivity contribution in [2.24, 2.45) is 11.3 Å². The molecule has 0 aliphatic heterocycles. The number of rotatable bonds is 13. The average Bonchev–Trinajstić information content (AvgIpc) is 3.45. The van der Waals surface area contributed by atoms with E-state index >= 15 is 0 Å². The van der Waals surface area contributed by atoms with Crippen LogP contribution in [0.5, 0.6) is 0 Å². The predicted molar refractivity (Wildman–Crippen MR) is 159 cm³/mol.